The van der Waals surface area contributed by atoms with Crippen molar-refractivity contribution in [1.29, 1.82) is 0 Å². The molecule has 94 valence electrons. The van der Waals surface area contributed by atoms with E-state index in [-0.39, 0.29) is 0 Å². The van der Waals surface area contributed by atoms with Gasteiger partial charge in [-0.1, -0.05) is 37.3 Å². The molecule has 17 heavy (non-hydrogen) atoms. The Balaban J connectivity index is 1.90. The van der Waals surface area contributed by atoms with Crippen LogP contribution in [0.15, 0.2) is 30.3 Å². The summed E-state index contributed by atoms with van der Waals surface area (Å²) in [5.41, 5.74) is 1.54. The van der Waals surface area contributed by atoms with E-state index in [4.69, 9.17) is 0 Å². The first-order valence-electron chi connectivity index (χ1n) is 7.07. The fourth-order valence-corrected chi connectivity index (χ4v) is 3.35. The van der Waals surface area contributed by atoms with Crippen LogP contribution in [-0.4, -0.2) is 13.1 Å². The molecule has 1 nitrogen and oxygen atoms in total. The molecule has 0 aromatic heterocycles. The van der Waals surface area contributed by atoms with Crippen LogP contribution in [0.3, 0.4) is 0 Å². The average molecular weight is 231 g/mol. The molecule has 2 rings (SSSR count). The SMILES string of the molecule is CCC(NC)C1CCC(c2ccccc2)CC1. The lowest BCUT2D eigenvalue weighted by Gasteiger charge is -2.33. The first kappa shape index (κ1) is 12.6. The molecular weight excluding hydrogens is 206 g/mol. The van der Waals surface area contributed by atoms with Crippen molar-refractivity contribution < 1.29 is 0 Å². The van der Waals surface area contributed by atoms with E-state index in [1.807, 2.05) is 0 Å². The van der Waals surface area contributed by atoms with Crippen LogP contribution in [0, 0.1) is 5.92 Å². The van der Waals surface area contributed by atoms with Crippen molar-refractivity contribution in [3.8, 4) is 0 Å². The van der Waals surface area contributed by atoms with Gasteiger partial charge in [-0.25, -0.2) is 0 Å². The summed E-state index contributed by atoms with van der Waals surface area (Å²) >= 11 is 0. The van der Waals surface area contributed by atoms with Crippen LogP contribution in [0.25, 0.3) is 0 Å². The maximum absolute atomic E-state index is 3.48. The monoisotopic (exact) mass is 231 g/mol. The highest BCUT2D eigenvalue weighted by Gasteiger charge is 2.26. The zero-order chi connectivity index (χ0) is 12.1. The Bertz CT molecular complexity index is 308. The van der Waals surface area contributed by atoms with Crippen molar-refractivity contribution in [3.05, 3.63) is 35.9 Å². The van der Waals surface area contributed by atoms with E-state index in [1.54, 1.807) is 5.56 Å². The van der Waals surface area contributed by atoms with Crippen LogP contribution >= 0.6 is 0 Å². The molecule has 0 radical (unpaired) electrons. The van der Waals surface area contributed by atoms with Gasteiger partial charge in [0.1, 0.15) is 0 Å². The van der Waals surface area contributed by atoms with E-state index in [9.17, 15) is 0 Å². The smallest absolute Gasteiger partial charge is 0.00897 e. The lowest BCUT2D eigenvalue weighted by Crippen LogP contribution is -2.35. The summed E-state index contributed by atoms with van der Waals surface area (Å²) in [4.78, 5) is 0. The third kappa shape index (κ3) is 3.10. The Labute approximate surface area is 106 Å². The highest BCUT2D eigenvalue weighted by atomic mass is 14.9. The van der Waals surface area contributed by atoms with Crippen molar-refractivity contribution in [2.75, 3.05) is 7.05 Å². The van der Waals surface area contributed by atoms with Crippen molar-refractivity contribution in [2.45, 2.75) is 51.0 Å². The number of hydrogen-bond acceptors (Lipinski definition) is 1. The molecule has 1 aliphatic carbocycles. The molecular formula is C16H25N. The Morgan fingerprint density at radius 3 is 2.29 bits per heavy atom. The summed E-state index contributed by atoms with van der Waals surface area (Å²) in [7, 11) is 2.11. The Morgan fingerprint density at radius 1 is 1.12 bits per heavy atom. The zero-order valence-electron chi connectivity index (χ0n) is 11.2. The van der Waals surface area contributed by atoms with Gasteiger partial charge in [0.15, 0.2) is 0 Å². The molecule has 1 aromatic carbocycles. The van der Waals surface area contributed by atoms with Gasteiger partial charge in [0.25, 0.3) is 0 Å². The van der Waals surface area contributed by atoms with Gasteiger partial charge in [-0.3, -0.25) is 0 Å². The molecule has 1 saturated carbocycles. The number of nitrogens with one attached hydrogen (secondary N) is 1. The predicted molar refractivity (Wildman–Crippen MR) is 74.3 cm³/mol. The van der Waals surface area contributed by atoms with Crippen LogP contribution in [0.4, 0.5) is 0 Å². The molecule has 0 amide bonds. The van der Waals surface area contributed by atoms with Gasteiger partial charge in [-0.15, -0.1) is 0 Å². The molecule has 1 unspecified atom stereocenters. The van der Waals surface area contributed by atoms with Gasteiger partial charge in [-0.05, 0) is 56.6 Å². The summed E-state index contributed by atoms with van der Waals surface area (Å²) in [6.45, 7) is 2.30. The van der Waals surface area contributed by atoms with Crippen LogP contribution in [0.2, 0.25) is 0 Å². The number of benzene rings is 1. The standard InChI is InChI=1S/C16H25N/c1-3-16(17-2)15-11-9-14(10-12-15)13-7-5-4-6-8-13/h4-8,14-17H,3,9-12H2,1-2H3. The lowest BCUT2D eigenvalue weighted by molar-refractivity contribution is 0.255. The average Bonchev–Trinajstić information content (AvgIpc) is 2.42. The topological polar surface area (TPSA) is 12.0 Å². The second kappa shape index (κ2) is 6.20. The molecule has 1 heteroatoms. The Morgan fingerprint density at radius 2 is 1.76 bits per heavy atom. The number of hydrogen-bond donors (Lipinski definition) is 1. The fraction of sp³-hybridized carbons (Fsp3) is 0.625. The minimum atomic E-state index is 0.728. The summed E-state index contributed by atoms with van der Waals surface area (Å²) < 4.78 is 0. The maximum atomic E-state index is 3.48. The molecule has 1 atom stereocenters. The molecule has 0 aliphatic heterocycles. The fourth-order valence-electron chi connectivity index (χ4n) is 3.35. The third-order valence-electron chi connectivity index (χ3n) is 4.42. The van der Waals surface area contributed by atoms with E-state index in [2.05, 4.69) is 49.6 Å². The van der Waals surface area contributed by atoms with E-state index < -0.39 is 0 Å². The minimum Gasteiger partial charge on any atom is -0.317 e. The molecule has 1 aliphatic rings. The second-order valence-electron chi connectivity index (χ2n) is 5.33. The maximum Gasteiger partial charge on any atom is 0.00897 e. The summed E-state index contributed by atoms with van der Waals surface area (Å²) in [5.74, 6) is 1.70. The van der Waals surface area contributed by atoms with E-state index in [1.165, 1.54) is 32.1 Å². The number of rotatable bonds is 4. The first-order chi connectivity index (χ1) is 8.35. The van der Waals surface area contributed by atoms with E-state index >= 15 is 0 Å². The molecule has 0 heterocycles. The predicted octanol–water partition coefficient (Wildman–Crippen LogP) is 3.96. The van der Waals surface area contributed by atoms with E-state index in [0.29, 0.717) is 0 Å². The molecule has 1 fully saturated rings. The molecule has 0 bridgehead atoms. The zero-order valence-corrected chi connectivity index (χ0v) is 11.2. The summed E-state index contributed by atoms with van der Waals surface area (Å²) in [6, 6.07) is 11.8. The summed E-state index contributed by atoms with van der Waals surface area (Å²) in [5, 5.41) is 3.48. The third-order valence-corrected chi connectivity index (χ3v) is 4.42. The normalized spacial score (nSPS) is 26.7. The van der Waals surface area contributed by atoms with Crippen LogP contribution in [0.5, 0.6) is 0 Å². The van der Waals surface area contributed by atoms with Gasteiger partial charge in [0.05, 0.1) is 0 Å². The van der Waals surface area contributed by atoms with E-state index in [0.717, 1.165) is 17.9 Å². The lowest BCUT2D eigenvalue weighted by atomic mass is 9.75. The highest BCUT2D eigenvalue weighted by Crippen LogP contribution is 2.37. The second-order valence-corrected chi connectivity index (χ2v) is 5.33. The minimum absolute atomic E-state index is 0.728. The van der Waals surface area contributed by atoms with Crippen LogP contribution < -0.4 is 5.32 Å². The van der Waals surface area contributed by atoms with Crippen molar-refractivity contribution in [3.63, 3.8) is 0 Å². The molecule has 1 aromatic rings. The largest absolute Gasteiger partial charge is 0.317 e. The Hall–Kier alpha value is -0.820. The van der Waals surface area contributed by atoms with Crippen molar-refractivity contribution >= 4 is 0 Å². The quantitative estimate of drug-likeness (QED) is 0.827. The van der Waals surface area contributed by atoms with Gasteiger partial charge >= 0.3 is 0 Å². The van der Waals surface area contributed by atoms with Crippen molar-refractivity contribution in [2.24, 2.45) is 5.92 Å². The van der Waals surface area contributed by atoms with Crippen LogP contribution in [-0.2, 0) is 0 Å². The van der Waals surface area contributed by atoms with Crippen LogP contribution in [0.1, 0.15) is 50.5 Å². The molecule has 0 spiro atoms. The highest BCUT2D eigenvalue weighted by molar-refractivity contribution is 5.19. The molecule has 0 saturated heterocycles. The van der Waals surface area contributed by atoms with Gasteiger partial charge in [-0.2, -0.15) is 0 Å². The van der Waals surface area contributed by atoms with Gasteiger partial charge in [0.2, 0.25) is 0 Å². The van der Waals surface area contributed by atoms with Gasteiger partial charge in [0, 0.05) is 6.04 Å². The van der Waals surface area contributed by atoms with Gasteiger partial charge < -0.3 is 5.32 Å². The molecule has 1 N–H and O–H groups in total. The Kier molecular flexibility index (Phi) is 4.61. The van der Waals surface area contributed by atoms with Crippen molar-refractivity contribution in [1.82, 2.24) is 5.32 Å². The summed E-state index contributed by atoms with van der Waals surface area (Å²) in [6.07, 6.45) is 6.77. The first-order valence-corrected chi connectivity index (χ1v) is 7.07.